The second kappa shape index (κ2) is 6.22. The Morgan fingerprint density at radius 3 is 2.22 bits per heavy atom. The normalized spacial score (nSPS) is 28.9. The fraction of sp³-hybridized carbons (Fsp3) is 0.556. The van der Waals surface area contributed by atoms with Crippen molar-refractivity contribution in [2.75, 3.05) is 0 Å². The van der Waals surface area contributed by atoms with Crippen molar-refractivity contribution in [1.29, 1.82) is 0 Å². The van der Waals surface area contributed by atoms with Crippen LogP contribution in [0.3, 0.4) is 0 Å². The molecule has 3 aliphatic rings. The molecule has 2 bridgehead atoms. The molecule has 4 rings (SSSR count). The van der Waals surface area contributed by atoms with Gasteiger partial charge in [-0.05, 0) is 49.5 Å². The van der Waals surface area contributed by atoms with Crippen LogP contribution >= 0.6 is 0 Å². The quantitative estimate of drug-likeness (QED) is 0.841. The minimum Gasteiger partial charge on any atom is -0.443 e. The lowest BCUT2D eigenvalue weighted by Gasteiger charge is -2.50. The lowest BCUT2D eigenvalue weighted by Crippen LogP contribution is -2.53. The molecular weight excluding hydrogens is 292 g/mol. The number of ether oxygens (including phenoxy) is 1. The van der Waals surface area contributed by atoms with Gasteiger partial charge < -0.3 is 4.74 Å². The van der Waals surface area contributed by atoms with Gasteiger partial charge in [0.05, 0.1) is 5.41 Å². The van der Waals surface area contributed by atoms with Gasteiger partial charge in [0.25, 0.3) is 0 Å². The van der Waals surface area contributed by atoms with Crippen LogP contribution in [0.5, 0.6) is 0 Å². The summed E-state index contributed by atoms with van der Waals surface area (Å²) in [4.78, 5) is 24.2. The van der Waals surface area contributed by atoms with Crippen LogP contribution in [0, 0.1) is 10.8 Å². The first-order chi connectivity index (χ1) is 11.0. The molecule has 1 aromatic rings. The van der Waals surface area contributed by atoms with Gasteiger partial charge in [-0.3, -0.25) is 10.2 Å². The van der Waals surface area contributed by atoms with Gasteiger partial charge in [-0.25, -0.2) is 10.2 Å². The Morgan fingerprint density at radius 2 is 1.61 bits per heavy atom. The maximum Gasteiger partial charge on any atom is 0.426 e. The smallest absolute Gasteiger partial charge is 0.426 e. The SMILES string of the molecule is CC12CCC(C(=O)NNC(=O)OCc3ccccc3)(CC1)CC2. The van der Waals surface area contributed by atoms with Gasteiger partial charge in [0, 0.05) is 0 Å². The van der Waals surface area contributed by atoms with E-state index in [0.29, 0.717) is 5.41 Å². The Kier molecular flexibility index (Phi) is 4.28. The molecule has 3 fully saturated rings. The number of hydrogen-bond acceptors (Lipinski definition) is 3. The third-order valence-corrected chi connectivity index (χ3v) is 5.59. The Hall–Kier alpha value is -2.04. The predicted octanol–water partition coefficient (Wildman–Crippen LogP) is 3.30. The molecular formula is C18H24N2O3. The molecule has 0 radical (unpaired) electrons. The highest BCUT2D eigenvalue weighted by molar-refractivity contribution is 5.84. The summed E-state index contributed by atoms with van der Waals surface area (Å²) in [5.41, 5.74) is 5.96. The number of hydrogen-bond donors (Lipinski definition) is 2. The fourth-order valence-electron chi connectivity index (χ4n) is 3.71. The van der Waals surface area contributed by atoms with Crippen molar-refractivity contribution in [2.24, 2.45) is 10.8 Å². The van der Waals surface area contributed by atoms with E-state index in [9.17, 15) is 9.59 Å². The number of hydrazine groups is 1. The molecule has 0 spiro atoms. The first kappa shape index (κ1) is 15.8. The summed E-state index contributed by atoms with van der Waals surface area (Å²) < 4.78 is 5.09. The Morgan fingerprint density at radius 1 is 1.00 bits per heavy atom. The number of carbonyl (C=O) groups excluding carboxylic acids is 2. The first-order valence-electron chi connectivity index (χ1n) is 8.29. The molecule has 0 aliphatic heterocycles. The molecule has 0 unspecified atom stereocenters. The molecule has 3 saturated carbocycles. The molecule has 0 atom stereocenters. The number of carbonyl (C=O) groups is 2. The van der Waals surface area contributed by atoms with Crippen molar-refractivity contribution in [3.05, 3.63) is 35.9 Å². The fourth-order valence-corrected chi connectivity index (χ4v) is 3.71. The third-order valence-electron chi connectivity index (χ3n) is 5.59. The lowest BCUT2D eigenvalue weighted by atomic mass is 9.54. The van der Waals surface area contributed by atoms with Crippen LogP contribution in [0.25, 0.3) is 0 Å². The summed E-state index contributed by atoms with van der Waals surface area (Å²) in [5, 5.41) is 0. The van der Waals surface area contributed by atoms with E-state index in [4.69, 9.17) is 4.74 Å². The summed E-state index contributed by atoms with van der Waals surface area (Å²) >= 11 is 0. The monoisotopic (exact) mass is 316 g/mol. The maximum absolute atomic E-state index is 12.5. The highest BCUT2D eigenvalue weighted by Crippen LogP contribution is 2.56. The molecule has 0 aromatic heterocycles. The summed E-state index contributed by atoms with van der Waals surface area (Å²) in [7, 11) is 0. The van der Waals surface area contributed by atoms with Crippen LogP contribution < -0.4 is 10.9 Å². The molecule has 23 heavy (non-hydrogen) atoms. The zero-order chi connectivity index (χ0) is 16.3. The highest BCUT2D eigenvalue weighted by Gasteiger charge is 2.50. The number of rotatable bonds is 3. The van der Waals surface area contributed by atoms with Crippen molar-refractivity contribution in [3.63, 3.8) is 0 Å². The van der Waals surface area contributed by atoms with Gasteiger partial charge in [0.15, 0.2) is 0 Å². The third kappa shape index (κ3) is 3.49. The minimum absolute atomic E-state index is 0.0732. The Labute approximate surface area is 136 Å². The standard InChI is InChI=1S/C18H24N2O3/c1-17-7-10-18(11-8-17,12-9-17)15(21)19-20-16(22)23-13-14-5-3-2-4-6-14/h2-6H,7-13H2,1H3,(H,19,21)(H,20,22). The predicted molar refractivity (Wildman–Crippen MR) is 86.1 cm³/mol. The van der Waals surface area contributed by atoms with E-state index < -0.39 is 6.09 Å². The summed E-state index contributed by atoms with van der Waals surface area (Å²) in [5.74, 6) is -0.0732. The Balaban J connectivity index is 1.45. The van der Waals surface area contributed by atoms with Gasteiger partial charge in [-0.2, -0.15) is 0 Å². The van der Waals surface area contributed by atoms with Gasteiger partial charge in [-0.15, -0.1) is 0 Å². The molecule has 0 saturated heterocycles. The van der Waals surface area contributed by atoms with E-state index in [1.165, 1.54) is 0 Å². The lowest BCUT2D eigenvalue weighted by molar-refractivity contribution is -0.140. The molecule has 3 aliphatic carbocycles. The second-order valence-electron chi connectivity index (χ2n) is 7.23. The van der Waals surface area contributed by atoms with E-state index in [0.717, 1.165) is 44.1 Å². The van der Waals surface area contributed by atoms with Crippen molar-refractivity contribution in [1.82, 2.24) is 10.9 Å². The van der Waals surface area contributed by atoms with Gasteiger partial charge >= 0.3 is 6.09 Å². The topological polar surface area (TPSA) is 67.4 Å². The second-order valence-corrected chi connectivity index (χ2v) is 7.23. The molecule has 0 heterocycles. The van der Waals surface area contributed by atoms with Crippen molar-refractivity contribution >= 4 is 12.0 Å². The van der Waals surface area contributed by atoms with Crippen molar-refractivity contribution < 1.29 is 14.3 Å². The van der Waals surface area contributed by atoms with Gasteiger partial charge in [-0.1, -0.05) is 37.3 Å². The molecule has 124 valence electrons. The number of nitrogens with one attached hydrogen (secondary N) is 2. The van der Waals surface area contributed by atoms with E-state index in [1.54, 1.807) is 0 Å². The van der Waals surface area contributed by atoms with E-state index in [1.807, 2.05) is 30.3 Å². The van der Waals surface area contributed by atoms with Crippen LogP contribution in [0.1, 0.15) is 51.0 Å². The average Bonchev–Trinajstić information content (AvgIpc) is 2.59. The number of benzene rings is 1. The zero-order valence-corrected chi connectivity index (χ0v) is 13.6. The van der Waals surface area contributed by atoms with Crippen LogP contribution in [-0.2, 0) is 16.1 Å². The minimum atomic E-state index is -0.630. The summed E-state index contributed by atoms with van der Waals surface area (Å²) in [6, 6.07) is 9.44. The highest BCUT2D eigenvalue weighted by atomic mass is 16.6. The van der Waals surface area contributed by atoms with E-state index >= 15 is 0 Å². The molecule has 5 nitrogen and oxygen atoms in total. The van der Waals surface area contributed by atoms with Gasteiger partial charge in [0.2, 0.25) is 5.91 Å². The molecule has 1 aromatic carbocycles. The van der Waals surface area contributed by atoms with Crippen LogP contribution in [0.15, 0.2) is 30.3 Å². The van der Waals surface area contributed by atoms with E-state index in [2.05, 4.69) is 17.8 Å². The average molecular weight is 316 g/mol. The molecule has 5 heteroatoms. The van der Waals surface area contributed by atoms with E-state index in [-0.39, 0.29) is 17.9 Å². The van der Waals surface area contributed by atoms with Gasteiger partial charge in [0.1, 0.15) is 6.61 Å². The zero-order valence-electron chi connectivity index (χ0n) is 13.6. The van der Waals surface area contributed by atoms with Crippen LogP contribution in [0.4, 0.5) is 4.79 Å². The number of amides is 2. The number of fused-ring (bicyclic) bond motifs is 3. The van der Waals surface area contributed by atoms with Crippen LogP contribution in [-0.4, -0.2) is 12.0 Å². The molecule has 2 N–H and O–H groups in total. The largest absolute Gasteiger partial charge is 0.443 e. The first-order valence-corrected chi connectivity index (χ1v) is 8.29. The summed E-state index contributed by atoms with van der Waals surface area (Å²) in [6.45, 7) is 2.50. The molecule has 2 amide bonds. The maximum atomic E-state index is 12.5. The Bertz CT molecular complexity index is 561. The summed E-state index contributed by atoms with van der Waals surface area (Å²) in [6.07, 6.45) is 5.40. The van der Waals surface area contributed by atoms with Crippen molar-refractivity contribution in [2.45, 2.75) is 52.1 Å². The van der Waals surface area contributed by atoms with Crippen molar-refractivity contribution in [3.8, 4) is 0 Å². The van der Waals surface area contributed by atoms with Crippen LogP contribution in [0.2, 0.25) is 0 Å².